The van der Waals surface area contributed by atoms with Crippen LogP contribution < -0.4 is 10.7 Å². The second-order valence-electron chi connectivity index (χ2n) is 14.2. The van der Waals surface area contributed by atoms with E-state index in [1.54, 1.807) is 0 Å². The van der Waals surface area contributed by atoms with Crippen LogP contribution in [0.15, 0.2) is 190 Å². The average molecular weight is 725 g/mol. The van der Waals surface area contributed by atoms with Crippen LogP contribution in [0.3, 0.4) is 0 Å². The van der Waals surface area contributed by atoms with Crippen molar-refractivity contribution in [3.8, 4) is 17.2 Å². The molecule has 0 amide bonds. The summed E-state index contributed by atoms with van der Waals surface area (Å²) in [5.41, 5.74) is 13.7. The van der Waals surface area contributed by atoms with Crippen LogP contribution >= 0.6 is 0 Å². The van der Waals surface area contributed by atoms with Gasteiger partial charge in [-0.1, -0.05) is 120 Å². The first kappa shape index (κ1) is 33.2. The highest BCUT2D eigenvalue weighted by atomic mass is 16.4. The SMILES string of the molecule is Cc1ccc(C2=c3ccc([nH]3)=C(c3ccc(C)cc3)C3=NC(=C(c4ccccc4)c4c(-c5ccc[nH]5)oc(c4O)C(c4ccccc4)=C4C=CC2=N4)C=C3)cc1. The molecule has 0 spiro atoms. The molecule has 0 unspecified atom stereocenters. The lowest BCUT2D eigenvalue weighted by Crippen LogP contribution is -2.21. The number of H-pyrrole nitrogens is 2. The molecule has 0 aliphatic carbocycles. The maximum absolute atomic E-state index is 12.7. The number of aryl methyl sites for hydroxylation is 2. The Hall–Kier alpha value is -7.44. The van der Waals surface area contributed by atoms with Gasteiger partial charge in [-0.3, -0.25) is 0 Å². The van der Waals surface area contributed by atoms with Crippen LogP contribution in [0.4, 0.5) is 0 Å². The van der Waals surface area contributed by atoms with Crippen LogP contribution in [0.25, 0.3) is 33.7 Å². The lowest BCUT2D eigenvalue weighted by atomic mass is 9.92. The molecular formula is C50H36N4O2. The van der Waals surface area contributed by atoms with Crippen LogP contribution in [0.2, 0.25) is 0 Å². The van der Waals surface area contributed by atoms with Crippen molar-refractivity contribution in [3.05, 3.63) is 231 Å². The quantitative estimate of drug-likeness (QED) is 0.165. The van der Waals surface area contributed by atoms with Gasteiger partial charge in [0.1, 0.15) is 0 Å². The smallest absolute Gasteiger partial charge is 0.179 e. The van der Waals surface area contributed by atoms with E-state index in [1.165, 1.54) is 11.1 Å². The summed E-state index contributed by atoms with van der Waals surface area (Å²) in [6.07, 6.45) is 10.0. The fraction of sp³-hybridized carbons (Fsp3) is 0.0400. The van der Waals surface area contributed by atoms with Gasteiger partial charge in [0, 0.05) is 33.6 Å². The van der Waals surface area contributed by atoms with Crippen molar-refractivity contribution in [2.45, 2.75) is 13.8 Å². The lowest BCUT2D eigenvalue weighted by Gasteiger charge is -2.12. The monoisotopic (exact) mass is 724 g/mol. The fourth-order valence-electron chi connectivity index (χ4n) is 7.80. The molecule has 8 bridgehead atoms. The average Bonchev–Trinajstić information content (AvgIpc) is 4.09. The number of aliphatic imine (C=N–C) groups is 2. The van der Waals surface area contributed by atoms with E-state index in [1.807, 2.05) is 91.1 Å². The van der Waals surface area contributed by atoms with E-state index < -0.39 is 0 Å². The third-order valence-electron chi connectivity index (χ3n) is 10.5. The Morgan fingerprint density at radius 3 is 1.50 bits per heavy atom. The van der Waals surface area contributed by atoms with Crippen molar-refractivity contribution in [1.82, 2.24) is 9.97 Å². The second kappa shape index (κ2) is 13.4. The molecule has 6 nitrogen and oxygen atoms in total. The van der Waals surface area contributed by atoms with Crippen molar-refractivity contribution in [2.24, 2.45) is 9.98 Å². The second-order valence-corrected chi connectivity index (χ2v) is 14.2. The molecule has 7 aromatic rings. The summed E-state index contributed by atoms with van der Waals surface area (Å²) in [5, 5.41) is 14.6. The molecule has 3 aliphatic rings. The topological polar surface area (TPSA) is 89.7 Å². The van der Waals surface area contributed by atoms with E-state index in [2.05, 4.69) is 96.6 Å². The highest BCUT2D eigenvalue weighted by molar-refractivity contribution is 6.31. The van der Waals surface area contributed by atoms with E-state index in [4.69, 9.17) is 14.4 Å². The third kappa shape index (κ3) is 5.67. The van der Waals surface area contributed by atoms with Crippen molar-refractivity contribution in [2.75, 3.05) is 0 Å². The molecule has 0 saturated carbocycles. The van der Waals surface area contributed by atoms with Gasteiger partial charge in [-0.25, -0.2) is 9.98 Å². The molecule has 0 fully saturated rings. The van der Waals surface area contributed by atoms with Crippen molar-refractivity contribution < 1.29 is 9.52 Å². The first-order valence-electron chi connectivity index (χ1n) is 18.7. The largest absolute Gasteiger partial charge is 0.504 e. The number of allylic oxidation sites excluding steroid dienone is 4. The van der Waals surface area contributed by atoms with Gasteiger partial charge in [0.15, 0.2) is 17.3 Å². The number of aromatic hydroxyl groups is 1. The van der Waals surface area contributed by atoms with Crippen LogP contribution in [-0.4, -0.2) is 26.5 Å². The van der Waals surface area contributed by atoms with Gasteiger partial charge in [0.05, 0.1) is 39.6 Å². The van der Waals surface area contributed by atoms with Gasteiger partial charge >= 0.3 is 0 Å². The minimum absolute atomic E-state index is 0.00567. The number of hydrogen-bond donors (Lipinski definition) is 3. The predicted octanol–water partition coefficient (Wildman–Crippen LogP) is 9.58. The number of hydrogen-bond acceptors (Lipinski definition) is 4. The normalized spacial score (nSPS) is 14.9. The van der Waals surface area contributed by atoms with E-state index in [9.17, 15) is 5.11 Å². The Kier molecular flexibility index (Phi) is 7.96. The number of aromatic amines is 2. The third-order valence-corrected chi connectivity index (χ3v) is 10.5. The molecular weight excluding hydrogens is 689 g/mol. The summed E-state index contributed by atoms with van der Waals surface area (Å²) < 4.78 is 6.92. The fourth-order valence-corrected chi connectivity index (χ4v) is 7.80. The van der Waals surface area contributed by atoms with Gasteiger partial charge in [0.2, 0.25) is 0 Å². The number of aromatic nitrogens is 2. The molecule has 4 aromatic carbocycles. The molecule has 0 atom stereocenters. The predicted molar refractivity (Wildman–Crippen MR) is 226 cm³/mol. The Bertz CT molecular complexity index is 2980. The summed E-state index contributed by atoms with van der Waals surface area (Å²) in [5.74, 6) is 0.823. The Balaban J connectivity index is 1.39. The molecule has 56 heavy (non-hydrogen) atoms. The van der Waals surface area contributed by atoms with Crippen LogP contribution in [0.1, 0.15) is 44.7 Å². The zero-order chi connectivity index (χ0) is 37.8. The zero-order valence-corrected chi connectivity index (χ0v) is 30.8. The Morgan fingerprint density at radius 1 is 0.482 bits per heavy atom. The molecule has 10 rings (SSSR count). The number of benzene rings is 4. The zero-order valence-electron chi connectivity index (χ0n) is 30.8. The minimum atomic E-state index is 0.00567. The number of rotatable bonds is 5. The maximum Gasteiger partial charge on any atom is 0.179 e. The minimum Gasteiger partial charge on any atom is -0.504 e. The highest BCUT2D eigenvalue weighted by Gasteiger charge is 2.32. The van der Waals surface area contributed by atoms with Gasteiger partial charge in [-0.15, -0.1) is 0 Å². The maximum atomic E-state index is 12.7. The summed E-state index contributed by atoms with van der Waals surface area (Å²) in [6, 6.07) is 45.3. The highest BCUT2D eigenvalue weighted by Crippen LogP contribution is 2.49. The summed E-state index contributed by atoms with van der Waals surface area (Å²) in [4.78, 5) is 17.9. The van der Waals surface area contributed by atoms with Crippen LogP contribution in [0.5, 0.6) is 5.75 Å². The van der Waals surface area contributed by atoms with Gasteiger partial charge in [-0.2, -0.15) is 0 Å². The Labute approximate surface area is 324 Å². The van der Waals surface area contributed by atoms with Gasteiger partial charge in [0.25, 0.3) is 0 Å². The van der Waals surface area contributed by atoms with E-state index in [0.29, 0.717) is 34.1 Å². The summed E-state index contributed by atoms with van der Waals surface area (Å²) in [7, 11) is 0. The first-order valence-corrected chi connectivity index (χ1v) is 18.7. The molecule has 3 aliphatic heterocycles. The van der Waals surface area contributed by atoms with Crippen molar-refractivity contribution in [1.29, 1.82) is 0 Å². The Morgan fingerprint density at radius 2 is 0.982 bits per heavy atom. The molecule has 3 aromatic heterocycles. The molecule has 0 radical (unpaired) electrons. The van der Waals surface area contributed by atoms with Crippen LogP contribution in [0, 0.1) is 13.8 Å². The first-order chi connectivity index (χ1) is 27.5. The van der Waals surface area contributed by atoms with E-state index >= 15 is 0 Å². The van der Waals surface area contributed by atoms with Crippen LogP contribution in [-0.2, 0) is 0 Å². The number of nitrogens with zero attached hydrogens (tertiary/aromatic N) is 2. The lowest BCUT2D eigenvalue weighted by molar-refractivity contribution is 0.453. The van der Waals surface area contributed by atoms with Gasteiger partial charge < -0.3 is 19.5 Å². The number of furan rings is 1. The number of fused-ring (bicyclic) bond motifs is 6. The van der Waals surface area contributed by atoms with Crippen molar-refractivity contribution in [3.63, 3.8) is 0 Å². The molecule has 3 N–H and O–H groups in total. The molecule has 6 heteroatoms. The number of nitrogens with one attached hydrogen (secondary N) is 2. The van der Waals surface area contributed by atoms with E-state index in [-0.39, 0.29) is 5.75 Å². The van der Waals surface area contributed by atoms with E-state index in [0.717, 1.165) is 66.8 Å². The molecule has 6 heterocycles. The summed E-state index contributed by atoms with van der Waals surface area (Å²) >= 11 is 0. The molecule has 0 saturated heterocycles. The molecule has 268 valence electrons. The van der Waals surface area contributed by atoms with Crippen molar-refractivity contribution >= 4 is 33.7 Å². The summed E-state index contributed by atoms with van der Waals surface area (Å²) in [6.45, 7) is 4.19. The van der Waals surface area contributed by atoms with Gasteiger partial charge in [-0.05, 0) is 84.7 Å². The standard InChI is InChI=1S/C50H36N4O2/c1-30-15-19-34(20-16-30)43-36-23-24-37(52-36)44(35-21-17-31(2)18-22-35)39-26-28-41(54-39)46(33-12-7-4-8-13-33)50-48(55)47(49(56-50)42-14-9-29-51-42)45(32-10-5-3-6-11-32)40-27-25-38(43)53-40/h3-29,51-52,55H,1-2H3.